The lowest BCUT2D eigenvalue weighted by atomic mass is 9.95. The van der Waals surface area contributed by atoms with Crippen LogP contribution in [0.25, 0.3) is 0 Å². The molecule has 0 saturated carbocycles. The standard InChI is InChI=1S/C18H20BFN4O2/c1-12-9-21-18(22-10-12)23-16(25)11-24(8-7-13(2)20)17(26)14-3-5-15(19)6-4-14/h3-6,9-10,13H,7-8,11H2,1-2H3,(H,21,22,23,25). The van der Waals surface area contributed by atoms with E-state index in [4.69, 9.17) is 7.85 Å². The van der Waals surface area contributed by atoms with Crippen LogP contribution in [0, 0.1) is 6.92 Å². The normalized spacial score (nSPS) is 11.7. The van der Waals surface area contributed by atoms with Crippen LogP contribution in [0.4, 0.5) is 10.3 Å². The number of amides is 2. The Morgan fingerprint density at radius 2 is 1.85 bits per heavy atom. The van der Waals surface area contributed by atoms with E-state index in [-0.39, 0.29) is 31.4 Å². The van der Waals surface area contributed by atoms with Gasteiger partial charge in [0, 0.05) is 24.5 Å². The van der Waals surface area contributed by atoms with Crippen LogP contribution in [0.1, 0.15) is 29.3 Å². The van der Waals surface area contributed by atoms with Gasteiger partial charge in [-0.05, 0) is 25.8 Å². The van der Waals surface area contributed by atoms with Crippen molar-refractivity contribution in [1.29, 1.82) is 0 Å². The smallest absolute Gasteiger partial charge is 0.254 e. The molecule has 26 heavy (non-hydrogen) atoms. The van der Waals surface area contributed by atoms with Crippen LogP contribution in [-0.4, -0.2) is 53.8 Å². The zero-order chi connectivity index (χ0) is 19.1. The summed E-state index contributed by atoms with van der Waals surface area (Å²) in [5.74, 6) is -0.672. The lowest BCUT2D eigenvalue weighted by Crippen LogP contribution is -2.39. The third-order valence-corrected chi connectivity index (χ3v) is 3.61. The Labute approximate surface area is 153 Å². The van der Waals surface area contributed by atoms with E-state index in [9.17, 15) is 14.0 Å². The lowest BCUT2D eigenvalue weighted by Gasteiger charge is -2.22. The summed E-state index contributed by atoms with van der Waals surface area (Å²) in [4.78, 5) is 34.2. The van der Waals surface area contributed by atoms with Crippen molar-refractivity contribution in [2.45, 2.75) is 26.4 Å². The number of anilines is 1. The van der Waals surface area contributed by atoms with Crippen molar-refractivity contribution in [1.82, 2.24) is 14.9 Å². The molecule has 0 saturated heterocycles. The maximum atomic E-state index is 13.2. The second-order valence-electron chi connectivity index (χ2n) is 6.05. The molecule has 1 atom stereocenters. The van der Waals surface area contributed by atoms with Crippen molar-refractivity contribution in [2.24, 2.45) is 0 Å². The van der Waals surface area contributed by atoms with Crippen molar-refractivity contribution >= 4 is 31.1 Å². The molecule has 1 unspecified atom stereocenters. The van der Waals surface area contributed by atoms with Crippen molar-refractivity contribution in [3.63, 3.8) is 0 Å². The Hall–Kier alpha value is -2.77. The van der Waals surface area contributed by atoms with Crippen LogP contribution >= 0.6 is 0 Å². The van der Waals surface area contributed by atoms with Gasteiger partial charge in [-0.2, -0.15) is 0 Å². The quantitative estimate of drug-likeness (QED) is 0.763. The molecular weight excluding hydrogens is 334 g/mol. The minimum Gasteiger partial charge on any atom is -0.329 e. The number of hydrogen-bond acceptors (Lipinski definition) is 4. The molecule has 0 aliphatic rings. The fraction of sp³-hybridized carbons (Fsp3) is 0.333. The monoisotopic (exact) mass is 354 g/mol. The van der Waals surface area contributed by atoms with Gasteiger partial charge < -0.3 is 4.90 Å². The lowest BCUT2D eigenvalue weighted by molar-refractivity contribution is -0.117. The SMILES string of the molecule is [B]c1ccc(C(=O)N(CCC(C)F)CC(=O)Nc2ncc(C)cn2)cc1. The van der Waals surface area contributed by atoms with E-state index in [1.807, 2.05) is 6.92 Å². The predicted octanol–water partition coefficient (Wildman–Crippen LogP) is 1.41. The summed E-state index contributed by atoms with van der Waals surface area (Å²) < 4.78 is 13.2. The molecule has 0 fully saturated rings. The van der Waals surface area contributed by atoms with Crippen LogP contribution in [0.5, 0.6) is 0 Å². The third-order valence-electron chi connectivity index (χ3n) is 3.61. The van der Waals surface area contributed by atoms with Crippen molar-refractivity contribution < 1.29 is 14.0 Å². The average Bonchev–Trinajstić information content (AvgIpc) is 2.60. The number of carbonyl (C=O) groups excluding carboxylic acids is 2. The van der Waals surface area contributed by atoms with E-state index >= 15 is 0 Å². The zero-order valence-electron chi connectivity index (χ0n) is 14.8. The fourth-order valence-electron chi connectivity index (χ4n) is 2.19. The summed E-state index contributed by atoms with van der Waals surface area (Å²) in [6, 6.07) is 6.35. The highest BCUT2D eigenvalue weighted by Gasteiger charge is 2.20. The second kappa shape index (κ2) is 9.08. The summed E-state index contributed by atoms with van der Waals surface area (Å²) in [7, 11) is 5.63. The minimum atomic E-state index is -1.08. The first-order chi connectivity index (χ1) is 12.3. The number of nitrogens with one attached hydrogen (secondary N) is 1. The summed E-state index contributed by atoms with van der Waals surface area (Å²) in [6.45, 7) is 3.12. The van der Waals surface area contributed by atoms with E-state index in [1.165, 1.54) is 11.8 Å². The molecule has 1 aromatic heterocycles. The Bertz CT molecular complexity index is 751. The number of alkyl halides is 1. The predicted molar refractivity (Wildman–Crippen MR) is 98.3 cm³/mol. The van der Waals surface area contributed by atoms with E-state index < -0.39 is 12.1 Å². The van der Waals surface area contributed by atoms with Crippen molar-refractivity contribution in [2.75, 3.05) is 18.4 Å². The molecule has 1 aromatic carbocycles. The van der Waals surface area contributed by atoms with E-state index in [2.05, 4.69) is 15.3 Å². The van der Waals surface area contributed by atoms with Gasteiger partial charge in [0.1, 0.15) is 14.4 Å². The average molecular weight is 354 g/mol. The largest absolute Gasteiger partial charge is 0.329 e. The van der Waals surface area contributed by atoms with E-state index in [1.54, 1.807) is 36.7 Å². The van der Waals surface area contributed by atoms with Gasteiger partial charge in [-0.1, -0.05) is 29.7 Å². The molecule has 2 rings (SSSR count). The number of halogens is 1. The highest BCUT2D eigenvalue weighted by molar-refractivity contribution is 6.32. The van der Waals surface area contributed by atoms with Gasteiger partial charge in [-0.3, -0.25) is 14.9 Å². The molecule has 1 heterocycles. The first kappa shape index (κ1) is 19.6. The van der Waals surface area contributed by atoms with Gasteiger partial charge in [0.25, 0.3) is 5.91 Å². The molecule has 0 spiro atoms. The first-order valence-electron chi connectivity index (χ1n) is 8.22. The maximum absolute atomic E-state index is 13.2. The van der Waals surface area contributed by atoms with Crippen molar-refractivity contribution in [3.05, 3.63) is 47.8 Å². The summed E-state index contributed by atoms with van der Waals surface area (Å²) in [5, 5.41) is 2.53. The number of nitrogens with zero attached hydrogens (tertiary/aromatic N) is 3. The topological polar surface area (TPSA) is 75.2 Å². The summed E-state index contributed by atoms with van der Waals surface area (Å²) in [6.07, 6.45) is 2.20. The van der Waals surface area contributed by atoms with Gasteiger partial charge in [-0.25, -0.2) is 14.4 Å². The van der Waals surface area contributed by atoms with Gasteiger partial charge in [0.2, 0.25) is 11.9 Å². The van der Waals surface area contributed by atoms with Crippen LogP contribution in [0.15, 0.2) is 36.7 Å². The molecule has 2 aromatic rings. The third kappa shape index (κ3) is 5.95. The Morgan fingerprint density at radius 3 is 2.42 bits per heavy atom. The van der Waals surface area contributed by atoms with Crippen LogP contribution in [-0.2, 0) is 4.79 Å². The molecule has 8 heteroatoms. The highest BCUT2D eigenvalue weighted by Crippen LogP contribution is 2.08. The molecule has 1 N–H and O–H groups in total. The van der Waals surface area contributed by atoms with Gasteiger partial charge in [0.05, 0.1) is 6.17 Å². The molecular formula is C18H20BFN4O2. The number of aromatic nitrogens is 2. The summed E-state index contributed by atoms with van der Waals surface area (Å²) in [5.41, 5.74) is 1.77. The number of carbonyl (C=O) groups is 2. The van der Waals surface area contributed by atoms with Crippen LogP contribution in [0.3, 0.4) is 0 Å². The molecule has 0 bridgehead atoms. The number of benzene rings is 1. The van der Waals surface area contributed by atoms with Gasteiger partial charge in [-0.15, -0.1) is 0 Å². The van der Waals surface area contributed by atoms with E-state index in [0.717, 1.165) is 5.56 Å². The van der Waals surface area contributed by atoms with Crippen molar-refractivity contribution in [3.8, 4) is 0 Å². The Morgan fingerprint density at radius 1 is 1.23 bits per heavy atom. The molecule has 0 aliphatic heterocycles. The number of hydrogen-bond donors (Lipinski definition) is 1. The molecule has 2 radical (unpaired) electrons. The minimum absolute atomic E-state index is 0.114. The molecule has 6 nitrogen and oxygen atoms in total. The van der Waals surface area contributed by atoms with Crippen LogP contribution in [0.2, 0.25) is 0 Å². The Balaban J connectivity index is 2.07. The first-order valence-corrected chi connectivity index (χ1v) is 8.22. The number of rotatable bonds is 7. The summed E-state index contributed by atoms with van der Waals surface area (Å²) >= 11 is 0. The highest BCUT2D eigenvalue weighted by atomic mass is 19.1. The zero-order valence-corrected chi connectivity index (χ0v) is 14.8. The van der Waals surface area contributed by atoms with Gasteiger partial charge in [0.15, 0.2) is 0 Å². The van der Waals surface area contributed by atoms with E-state index in [0.29, 0.717) is 11.0 Å². The molecule has 134 valence electrons. The molecule has 0 aliphatic carbocycles. The van der Waals surface area contributed by atoms with Crippen LogP contribution < -0.4 is 10.8 Å². The second-order valence-corrected chi connectivity index (χ2v) is 6.05. The Kier molecular flexibility index (Phi) is 6.83. The fourth-order valence-corrected chi connectivity index (χ4v) is 2.19. The maximum Gasteiger partial charge on any atom is 0.254 e. The van der Waals surface area contributed by atoms with Gasteiger partial charge >= 0.3 is 0 Å². The molecule has 2 amide bonds. The number of aryl methyl sites for hydroxylation is 1.